The Hall–Kier alpha value is -2.32. The Kier molecular flexibility index (Phi) is 6.15. The summed E-state index contributed by atoms with van der Waals surface area (Å²) in [5.41, 5.74) is 6.31. The van der Waals surface area contributed by atoms with E-state index in [9.17, 15) is 9.18 Å². The molecule has 4 rings (SSSR count). The van der Waals surface area contributed by atoms with Crippen molar-refractivity contribution < 1.29 is 9.18 Å². The minimum absolute atomic E-state index is 0.0191. The lowest BCUT2D eigenvalue weighted by Crippen LogP contribution is -2.56. The number of nitrogens with one attached hydrogen (secondary N) is 1. The first-order chi connectivity index (χ1) is 14.4. The molecule has 160 valence electrons. The summed E-state index contributed by atoms with van der Waals surface area (Å²) >= 11 is 12.2. The SMILES string of the molecule is Nc1ncnc(N2CCC[C@@H](N3CCC[C@H](Nc4cc(Cl)cc(Cl)c4)C3=O)C2)c1F. The lowest BCUT2D eigenvalue weighted by Gasteiger charge is -2.43. The number of benzene rings is 1. The molecule has 2 fully saturated rings. The van der Waals surface area contributed by atoms with Gasteiger partial charge in [0, 0.05) is 41.4 Å². The van der Waals surface area contributed by atoms with Gasteiger partial charge < -0.3 is 20.9 Å². The van der Waals surface area contributed by atoms with Gasteiger partial charge in [-0.3, -0.25) is 4.79 Å². The molecular weight excluding hydrogens is 430 g/mol. The van der Waals surface area contributed by atoms with Crippen molar-refractivity contribution >= 4 is 46.4 Å². The van der Waals surface area contributed by atoms with Crippen molar-refractivity contribution in [2.75, 3.05) is 35.6 Å². The number of carbonyl (C=O) groups is 1. The van der Waals surface area contributed by atoms with E-state index >= 15 is 0 Å². The maximum absolute atomic E-state index is 14.4. The first kappa shape index (κ1) is 20.9. The summed E-state index contributed by atoms with van der Waals surface area (Å²) in [5.74, 6) is -0.548. The van der Waals surface area contributed by atoms with Gasteiger partial charge in [-0.2, -0.15) is 4.39 Å². The predicted octanol–water partition coefficient (Wildman–Crippen LogP) is 3.58. The number of piperidine rings is 2. The zero-order valence-electron chi connectivity index (χ0n) is 16.3. The molecule has 1 aromatic heterocycles. The summed E-state index contributed by atoms with van der Waals surface area (Å²) in [6.45, 7) is 1.85. The minimum atomic E-state index is -0.611. The minimum Gasteiger partial charge on any atom is -0.381 e. The van der Waals surface area contributed by atoms with E-state index in [1.54, 1.807) is 18.2 Å². The van der Waals surface area contributed by atoms with Crippen LogP contribution in [-0.2, 0) is 4.79 Å². The number of nitrogens with zero attached hydrogens (tertiary/aromatic N) is 4. The van der Waals surface area contributed by atoms with Gasteiger partial charge in [-0.05, 0) is 43.9 Å². The molecule has 0 bridgehead atoms. The lowest BCUT2D eigenvalue weighted by molar-refractivity contribution is -0.137. The van der Waals surface area contributed by atoms with Crippen LogP contribution < -0.4 is 16.0 Å². The quantitative estimate of drug-likeness (QED) is 0.736. The van der Waals surface area contributed by atoms with E-state index in [-0.39, 0.29) is 29.6 Å². The van der Waals surface area contributed by atoms with Crippen molar-refractivity contribution in [3.8, 4) is 0 Å². The van der Waals surface area contributed by atoms with Crippen molar-refractivity contribution in [2.24, 2.45) is 0 Å². The van der Waals surface area contributed by atoms with Crippen LogP contribution >= 0.6 is 23.2 Å². The lowest BCUT2D eigenvalue weighted by atomic mass is 9.97. The molecule has 10 heteroatoms. The molecule has 1 aromatic carbocycles. The summed E-state index contributed by atoms with van der Waals surface area (Å²) in [4.78, 5) is 24.7. The fourth-order valence-electron chi connectivity index (χ4n) is 4.23. The van der Waals surface area contributed by atoms with Crippen LogP contribution in [0.25, 0.3) is 0 Å². The molecule has 0 spiro atoms. The highest BCUT2D eigenvalue weighted by molar-refractivity contribution is 6.35. The fraction of sp³-hybridized carbons (Fsp3) is 0.450. The molecule has 0 radical (unpaired) electrons. The van der Waals surface area contributed by atoms with Crippen molar-refractivity contribution in [3.63, 3.8) is 0 Å². The number of nitrogens with two attached hydrogens (primary N) is 1. The first-order valence-corrected chi connectivity index (χ1v) is 10.7. The monoisotopic (exact) mass is 452 g/mol. The Labute approximate surface area is 184 Å². The second-order valence-corrected chi connectivity index (χ2v) is 8.54. The third kappa shape index (κ3) is 4.39. The first-order valence-electron chi connectivity index (χ1n) is 9.96. The zero-order valence-corrected chi connectivity index (χ0v) is 17.8. The highest BCUT2D eigenvalue weighted by Gasteiger charge is 2.36. The largest absolute Gasteiger partial charge is 0.381 e. The van der Waals surface area contributed by atoms with E-state index in [0.29, 0.717) is 29.7 Å². The van der Waals surface area contributed by atoms with Gasteiger partial charge in [0.2, 0.25) is 11.7 Å². The van der Waals surface area contributed by atoms with Crippen LogP contribution in [-0.4, -0.2) is 52.5 Å². The van der Waals surface area contributed by atoms with E-state index in [4.69, 9.17) is 28.9 Å². The maximum atomic E-state index is 14.4. The molecule has 3 N–H and O–H groups in total. The van der Waals surface area contributed by atoms with Gasteiger partial charge in [0.25, 0.3) is 0 Å². The number of hydrogen-bond donors (Lipinski definition) is 2. The molecule has 2 atom stereocenters. The van der Waals surface area contributed by atoms with Gasteiger partial charge in [-0.1, -0.05) is 23.2 Å². The normalized spacial score (nSPS) is 22.3. The summed E-state index contributed by atoms with van der Waals surface area (Å²) in [6.07, 6.45) is 4.56. The van der Waals surface area contributed by atoms with Crippen molar-refractivity contribution in [1.82, 2.24) is 14.9 Å². The summed E-state index contributed by atoms with van der Waals surface area (Å²) in [7, 11) is 0. The number of aromatic nitrogens is 2. The standard InChI is InChI=1S/C20H23Cl2FN6O/c21-12-7-13(22)9-14(8-12)27-16-4-2-6-29(20(16)30)15-3-1-5-28(10-15)19-17(23)18(24)25-11-26-19/h7-9,11,15-16,27H,1-6,10H2,(H2,24,25,26)/t15-,16+/m1/s1. The molecule has 0 unspecified atom stereocenters. The zero-order chi connectivity index (χ0) is 21.3. The third-order valence-electron chi connectivity index (χ3n) is 5.61. The Morgan fingerprint density at radius 2 is 1.83 bits per heavy atom. The molecule has 7 nitrogen and oxygen atoms in total. The molecule has 1 amide bonds. The molecular formula is C20H23Cl2FN6O. The second-order valence-electron chi connectivity index (χ2n) is 7.67. The van der Waals surface area contributed by atoms with Gasteiger partial charge >= 0.3 is 0 Å². The van der Waals surface area contributed by atoms with Crippen molar-refractivity contribution in [3.05, 3.63) is 40.4 Å². The number of likely N-dealkylation sites (tertiary alicyclic amines) is 1. The van der Waals surface area contributed by atoms with Gasteiger partial charge in [-0.25, -0.2) is 9.97 Å². The van der Waals surface area contributed by atoms with E-state index < -0.39 is 5.82 Å². The number of halogens is 3. The molecule has 3 heterocycles. The number of carbonyl (C=O) groups excluding carboxylic acids is 1. The Morgan fingerprint density at radius 3 is 2.60 bits per heavy atom. The molecule has 0 aliphatic carbocycles. The smallest absolute Gasteiger partial charge is 0.245 e. The molecule has 2 aliphatic rings. The van der Waals surface area contributed by atoms with Crippen LogP contribution in [0.4, 0.5) is 21.7 Å². The van der Waals surface area contributed by atoms with Crippen LogP contribution in [0.5, 0.6) is 0 Å². The average molecular weight is 453 g/mol. The van der Waals surface area contributed by atoms with E-state index in [0.717, 1.165) is 31.4 Å². The fourth-order valence-corrected chi connectivity index (χ4v) is 4.76. The third-order valence-corrected chi connectivity index (χ3v) is 6.05. The predicted molar refractivity (Wildman–Crippen MR) is 116 cm³/mol. The summed E-state index contributed by atoms with van der Waals surface area (Å²) in [5, 5.41) is 4.30. The Morgan fingerprint density at radius 1 is 1.10 bits per heavy atom. The molecule has 2 aliphatic heterocycles. The highest BCUT2D eigenvalue weighted by atomic mass is 35.5. The van der Waals surface area contributed by atoms with Gasteiger partial charge in [0.1, 0.15) is 12.4 Å². The average Bonchev–Trinajstić information content (AvgIpc) is 2.71. The van der Waals surface area contributed by atoms with Crippen LogP contribution in [0.15, 0.2) is 24.5 Å². The van der Waals surface area contributed by atoms with Crippen molar-refractivity contribution in [2.45, 2.75) is 37.8 Å². The number of nitrogen functional groups attached to an aromatic ring is 1. The van der Waals surface area contributed by atoms with E-state index in [1.165, 1.54) is 6.33 Å². The highest BCUT2D eigenvalue weighted by Crippen LogP contribution is 2.29. The number of hydrogen-bond acceptors (Lipinski definition) is 6. The molecule has 30 heavy (non-hydrogen) atoms. The molecule has 2 aromatic rings. The van der Waals surface area contributed by atoms with E-state index in [1.807, 2.05) is 9.80 Å². The van der Waals surface area contributed by atoms with Gasteiger partial charge in [0.05, 0.1) is 0 Å². The number of anilines is 3. The maximum Gasteiger partial charge on any atom is 0.245 e. The number of amides is 1. The topological polar surface area (TPSA) is 87.4 Å². The van der Waals surface area contributed by atoms with Crippen LogP contribution in [0.1, 0.15) is 25.7 Å². The Bertz CT molecular complexity index is 925. The van der Waals surface area contributed by atoms with Crippen LogP contribution in [0, 0.1) is 5.82 Å². The van der Waals surface area contributed by atoms with Crippen LogP contribution in [0.3, 0.4) is 0 Å². The van der Waals surface area contributed by atoms with Gasteiger partial charge in [0.15, 0.2) is 11.6 Å². The summed E-state index contributed by atoms with van der Waals surface area (Å²) in [6, 6.07) is 4.79. The van der Waals surface area contributed by atoms with E-state index in [2.05, 4.69) is 15.3 Å². The molecule has 0 saturated carbocycles. The second kappa shape index (κ2) is 8.81. The van der Waals surface area contributed by atoms with Gasteiger partial charge in [-0.15, -0.1) is 0 Å². The molecule has 2 saturated heterocycles. The summed E-state index contributed by atoms with van der Waals surface area (Å²) < 4.78 is 14.4. The Balaban J connectivity index is 1.47. The number of rotatable bonds is 4. The van der Waals surface area contributed by atoms with Crippen LogP contribution in [0.2, 0.25) is 10.0 Å². The van der Waals surface area contributed by atoms with Crippen molar-refractivity contribution in [1.29, 1.82) is 0 Å².